The quantitative estimate of drug-likeness (QED) is 0.295. The molecular weight excluding hydrogens is 320 g/mol. The van der Waals surface area contributed by atoms with E-state index in [9.17, 15) is 0 Å². The van der Waals surface area contributed by atoms with Gasteiger partial charge in [-0.15, -0.1) is 11.3 Å². The van der Waals surface area contributed by atoms with Crippen molar-refractivity contribution in [2.75, 3.05) is 0 Å². The van der Waals surface area contributed by atoms with Gasteiger partial charge >= 0.3 is 0 Å². The van der Waals surface area contributed by atoms with Gasteiger partial charge in [-0.3, -0.25) is 0 Å². The minimum absolute atomic E-state index is 1.18. The number of hydrogen-bond acceptors (Lipinski definition) is 1. The van der Waals surface area contributed by atoms with Crippen molar-refractivity contribution in [1.29, 1.82) is 0 Å². The van der Waals surface area contributed by atoms with Gasteiger partial charge in [-0.25, -0.2) is 0 Å². The molecule has 0 radical (unpaired) electrons. The van der Waals surface area contributed by atoms with E-state index in [1.807, 2.05) is 11.3 Å². The monoisotopic (exact) mass is 340 g/mol. The Kier molecular flexibility index (Phi) is 3.50. The summed E-state index contributed by atoms with van der Waals surface area (Å²) in [6.07, 6.45) is 3.70. The molecule has 0 aliphatic carbocycles. The second-order valence-electron chi connectivity index (χ2n) is 6.90. The lowest BCUT2D eigenvalue weighted by atomic mass is 10.0. The smallest absolute Gasteiger partial charge is 0.0434 e. The Hall–Kier alpha value is -2.38. The van der Waals surface area contributed by atoms with E-state index in [0.717, 1.165) is 0 Å². The first-order valence-corrected chi connectivity index (χ1v) is 9.92. The normalized spacial score (nSPS) is 11.9. The number of thiophene rings is 1. The number of aryl methyl sites for hydroxylation is 1. The van der Waals surface area contributed by atoms with Gasteiger partial charge in [-0.2, -0.15) is 0 Å². The van der Waals surface area contributed by atoms with Crippen LogP contribution in [0.4, 0.5) is 0 Å². The van der Waals surface area contributed by atoms with Gasteiger partial charge in [-0.1, -0.05) is 55.8 Å². The van der Waals surface area contributed by atoms with Crippen LogP contribution in [0, 0.1) is 0 Å². The molecule has 0 saturated carbocycles. The largest absolute Gasteiger partial charge is 0.135 e. The van der Waals surface area contributed by atoms with Crippen LogP contribution in [0.5, 0.6) is 0 Å². The summed E-state index contributed by atoms with van der Waals surface area (Å²) < 4.78 is 2.82. The highest BCUT2D eigenvalue weighted by Gasteiger charge is 2.10. The van der Waals surface area contributed by atoms with Gasteiger partial charge in [0, 0.05) is 25.6 Å². The van der Waals surface area contributed by atoms with Crippen molar-refractivity contribution in [3.8, 4) is 0 Å². The summed E-state index contributed by atoms with van der Waals surface area (Å²) in [5.41, 5.74) is 1.47. The summed E-state index contributed by atoms with van der Waals surface area (Å²) >= 11 is 1.93. The second-order valence-corrected chi connectivity index (χ2v) is 7.95. The van der Waals surface area contributed by atoms with Gasteiger partial charge in [0.2, 0.25) is 0 Å². The zero-order valence-corrected chi connectivity index (χ0v) is 15.2. The van der Waals surface area contributed by atoms with Gasteiger partial charge in [-0.05, 0) is 58.8 Å². The van der Waals surface area contributed by atoms with E-state index in [2.05, 4.69) is 73.7 Å². The molecule has 4 aromatic carbocycles. The molecule has 0 fully saturated rings. The summed E-state index contributed by atoms with van der Waals surface area (Å²) in [5, 5.41) is 8.18. The average molecular weight is 340 g/mol. The van der Waals surface area contributed by atoms with Crippen LogP contribution in [0.1, 0.15) is 25.3 Å². The molecule has 0 unspecified atom stereocenters. The molecule has 1 heterocycles. The molecule has 1 aromatic heterocycles. The predicted octanol–water partition coefficient (Wildman–Crippen LogP) is 7.70. The van der Waals surface area contributed by atoms with Crippen molar-refractivity contribution in [2.24, 2.45) is 0 Å². The Morgan fingerprint density at radius 1 is 0.720 bits per heavy atom. The average Bonchev–Trinajstić information content (AvgIpc) is 3.03. The fourth-order valence-corrected chi connectivity index (χ4v) is 5.04. The topological polar surface area (TPSA) is 0 Å². The van der Waals surface area contributed by atoms with Gasteiger partial charge < -0.3 is 0 Å². The molecule has 0 amide bonds. The molecule has 0 aliphatic rings. The lowest BCUT2D eigenvalue weighted by Crippen LogP contribution is -1.83. The van der Waals surface area contributed by atoms with Crippen molar-refractivity contribution in [2.45, 2.75) is 26.2 Å². The number of unbranched alkanes of at least 4 members (excludes halogenated alkanes) is 1. The van der Waals surface area contributed by atoms with Crippen LogP contribution in [0.2, 0.25) is 0 Å². The Bertz CT molecular complexity index is 1230. The lowest BCUT2D eigenvalue weighted by molar-refractivity contribution is 0.796. The molecule has 5 aromatic rings. The van der Waals surface area contributed by atoms with E-state index < -0.39 is 0 Å². The third kappa shape index (κ3) is 2.42. The zero-order valence-electron chi connectivity index (χ0n) is 14.4. The predicted molar refractivity (Wildman–Crippen MR) is 113 cm³/mol. The maximum atomic E-state index is 2.41. The first kappa shape index (κ1) is 14.9. The molecule has 5 rings (SSSR count). The maximum Gasteiger partial charge on any atom is 0.0434 e. The van der Waals surface area contributed by atoms with Crippen LogP contribution < -0.4 is 0 Å². The molecule has 122 valence electrons. The molecule has 25 heavy (non-hydrogen) atoms. The maximum absolute atomic E-state index is 2.41. The molecule has 0 aliphatic heterocycles. The number of fused-ring (bicyclic) bond motifs is 6. The minimum Gasteiger partial charge on any atom is -0.135 e. The van der Waals surface area contributed by atoms with E-state index in [0.29, 0.717) is 0 Å². The second kappa shape index (κ2) is 5.86. The molecule has 0 nitrogen and oxygen atoms in total. The standard InChI is InChI=1S/C24H20S/c1-2-3-6-16-9-12-23-22(13-16)20-11-10-19-14-17-7-4-5-8-18(17)15-21(19)24(20)25-23/h4-5,7-15H,2-3,6H2,1H3. The van der Waals surface area contributed by atoms with Crippen LogP contribution in [-0.4, -0.2) is 0 Å². The first-order valence-electron chi connectivity index (χ1n) is 9.10. The minimum atomic E-state index is 1.18. The highest BCUT2D eigenvalue weighted by atomic mass is 32.1. The third-order valence-electron chi connectivity index (χ3n) is 5.20. The highest BCUT2D eigenvalue weighted by Crippen LogP contribution is 2.39. The molecule has 1 heteroatoms. The van der Waals surface area contributed by atoms with E-state index >= 15 is 0 Å². The molecule has 0 N–H and O–H groups in total. The zero-order chi connectivity index (χ0) is 16.8. The SMILES string of the molecule is CCCCc1ccc2sc3c4cc5ccccc5cc4ccc3c2c1. The number of rotatable bonds is 3. The van der Waals surface area contributed by atoms with Crippen molar-refractivity contribution in [3.05, 3.63) is 72.3 Å². The van der Waals surface area contributed by atoms with Crippen LogP contribution in [0.15, 0.2) is 66.7 Å². The Labute approximate surface area is 151 Å². The highest BCUT2D eigenvalue weighted by molar-refractivity contribution is 7.26. The van der Waals surface area contributed by atoms with Gasteiger partial charge in [0.15, 0.2) is 0 Å². The molecule has 0 bridgehead atoms. The van der Waals surface area contributed by atoms with Crippen LogP contribution in [0.25, 0.3) is 41.7 Å². The van der Waals surface area contributed by atoms with Crippen molar-refractivity contribution in [3.63, 3.8) is 0 Å². The summed E-state index contributed by atoms with van der Waals surface area (Å²) in [4.78, 5) is 0. The van der Waals surface area contributed by atoms with Gasteiger partial charge in [0.1, 0.15) is 0 Å². The van der Waals surface area contributed by atoms with Crippen molar-refractivity contribution >= 4 is 53.1 Å². The summed E-state index contributed by atoms with van der Waals surface area (Å²) in [6.45, 7) is 2.26. The van der Waals surface area contributed by atoms with Crippen LogP contribution in [0.3, 0.4) is 0 Å². The van der Waals surface area contributed by atoms with Gasteiger partial charge in [0.05, 0.1) is 0 Å². The van der Waals surface area contributed by atoms with E-state index in [1.54, 1.807) is 0 Å². The Morgan fingerprint density at radius 2 is 1.56 bits per heavy atom. The molecule has 0 atom stereocenters. The van der Waals surface area contributed by atoms with Crippen LogP contribution >= 0.6 is 11.3 Å². The Balaban J connectivity index is 1.81. The number of hydrogen-bond donors (Lipinski definition) is 0. The van der Waals surface area contributed by atoms with E-state index in [4.69, 9.17) is 0 Å². The van der Waals surface area contributed by atoms with E-state index in [1.165, 1.54) is 66.5 Å². The van der Waals surface area contributed by atoms with E-state index in [-0.39, 0.29) is 0 Å². The Morgan fingerprint density at radius 3 is 2.40 bits per heavy atom. The van der Waals surface area contributed by atoms with Crippen molar-refractivity contribution < 1.29 is 0 Å². The molecule has 0 saturated heterocycles. The van der Waals surface area contributed by atoms with Crippen molar-refractivity contribution in [1.82, 2.24) is 0 Å². The summed E-state index contributed by atoms with van der Waals surface area (Å²) in [6, 6.07) is 25.0. The fourth-order valence-electron chi connectivity index (χ4n) is 3.83. The van der Waals surface area contributed by atoms with Crippen LogP contribution in [-0.2, 0) is 6.42 Å². The fraction of sp³-hybridized carbons (Fsp3) is 0.167. The van der Waals surface area contributed by atoms with Gasteiger partial charge in [0.25, 0.3) is 0 Å². The number of benzene rings is 4. The molecular formula is C24H20S. The lowest BCUT2D eigenvalue weighted by Gasteiger charge is -2.04. The summed E-state index contributed by atoms with van der Waals surface area (Å²) in [7, 11) is 0. The first-order chi connectivity index (χ1) is 12.3. The third-order valence-corrected chi connectivity index (χ3v) is 6.42. The summed E-state index contributed by atoms with van der Waals surface area (Å²) in [5.74, 6) is 0. The molecule has 0 spiro atoms.